The first-order valence-electron chi connectivity index (χ1n) is 7.03. The lowest BCUT2D eigenvalue weighted by atomic mass is 9.86. The first-order valence-corrected chi connectivity index (χ1v) is 7.03. The predicted octanol–water partition coefficient (Wildman–Crippen LogP) is 2.23. The number of rotatable bonds is 6. The Morgan fingerprint density at radius 3 is 2.67 bits per heavy atom. The van der Waals surface area contributed by atoms with E-state index in [0.29, 0.717) is 18.0 Å². The van der Waals surface area contributed by atoms with E-state index in [0.717, 1.165) is 32.5 Å². The number of unbranched alkanes of at least 4 members (excludes halogenated alkanes) is 1. The third kappa shape index (κ3) is 4.58. The van der Waals surface area contributed by atoms with E-state index >= 15 is 0 Å². The number of nitrogens with zero attached hydrogens (tertiary/aromatic N) is 1. The van der Waals surface area contributed by atoms with E-state index < -0.39 is 0 Å². The quantitative estimate of drug-likeness (QED) is 0.434. The van der Waals surface area contributed by atoms with Crippen LogP contribution in [0, 0.1) is 10.8 Å². The van der Waals surface area contributed by atoms with Gasteiger partial charge < -0.3 is 10.5 Å². The molecule has 4 heteroatoms. The highest BCUT2D eigenvalue weighted by Gasteiger charge is 2.24. The monoisotopic (exact) mass is 255 g/mol. The molecule has 0 radical (unpaired) electrons. The molecule has 0 bridgehead atoms. The molecule has 0 saturated carbocycles. The van der Waals surface area contributed by atoms with Crippen LogP contribution in [-0.4, -0.2) is 42.6 Å². The second-order valence-corrected chi connectivity index (χ2v) is 6.24. The highest BCUT2D eigenvalue weighted by Crippen LogP contribution is 2.23. The summed E-state index contributed by atoms with van der Waals surface area (Å²) < 4.78 is 5.63. The van der Waals surface area contributed by atoms with Crippen molar-refractivity contribution in [3.63, 3.8) is 0 Å². The van der Waals surface area contributed by atoms with Gasteiger partial charge in [-0.1, -0.05) is 20.3 Å². The molecule has 4 nitrogen and oxygen atoms in total. The van der Waals surface area contributed by atoms with E-state index in [1.165, 1.54) is 6.42 Å². The third-order valence-corrected chi connectivity index (χ3v) is 3.96. The van der Waals surface area contributed by atoms with Gasteiger partial charge in [-0.05, 0) is 33.2 Å². The summed E-state index contributed by atoms with van der Waals surface area (Å²) in [6, 6.07) is 0.530. The van der Waals surface area contributed by atoms with Crippen molar-refractivity contribution in [1.29, 1.82) is 5.41 Å². The molecule has 0 aliphatic carbocycles. The zero-order chi connectivity index (χ0) is 13.8. The van der Waals surface area contributed by atoms with E-state index in [1.54, 1.807) is 0 Å². The third-order valence-electron chi connectivity index (χ3n) is 3.96. The van der Waals surface area contributed by atoms with Crippen molar-refractivity contribution in [2.75, 3.05) is 19.7 Å². The summed E-state index contributed by atoms with van der Waals surface area (Å²) in [5.41, 5.74) is 5.44. The van der Waals surface area contributed by atoms with Gasteiger partial charge in [0.2, 0.25) is 0 Å². The molecular weight excluding hydrogens is 226 g/mol. The Morgan fingerprint density at radius 2 is 2.06 bits per heavy atom. The number of amidine groups is 1. The lowest BCUT2D eigenvalue weighted by Crippen LogP contribution is -2.47. The molecule has 106 valence electrons. The van der Waals surface area contributed by atoms with Crippen molar-refractivity contribution in [3.05, 3.63) is 0 Å². The van der Waals surface area contributed by atoms with Crippen molar-refractivity contribution in [3.8, 4) is 0 Å². The Bertz CT molecular complexity index is 278. The molecule has 3 N–H and O–H groups in total. The minimum absolute atomic E-state index is 0.149. The fraction of sp³-hybridized carbons (Fsp3) is 0.929. The molecule has 1 saturated heterocycles. The fourth-order valence-electron chi connectivity index (χ4n) is 2.30. The molecule has 1 fully saturated rings. The number of hydrogen-bond acceptors (Lipinski definition) is 3. The summed E-state index contributed by atoms with van der Waals surface area (Å²) in [7, 11) is 0. The summed E-state index contributed by atoms with van der Waals surface area (Å²) in [4.78, 5) is 2.51. The van der Waals surface area contributed by atoms with Gasteiger partial charge in [-0.2, -0.15) is 0 Å². The van der Waals surface area contributed by atoms with E-state index in [9.17, 15) is 0 Å². The van der Waals surface area contributed by atoms with Crippen LogP contribution < -0.4 is 5.73 Å². The highest BCUT2D eigenvalue weighted by molar-refractivity contribution is 5.82. The van der Waals surface area contributed by atoms with Gasteiger partial charge in [0.05, 0.1) is 18.5 Å². The molecule has 0 aromatic rings. The Kier molecular flexibility index (Phi) is 5.60. The lowest BCUT2D eigenvalue weighted by Gasteiger charge is -2.37. The van der Waals surface area contributed by atoms with Gasteiger partial charge in [0.15, 0.2) is 0 Å². The standard InChI is InChI=1S/C14H29N3O/c1-11-10-18-12(2)9-17(11)8-6-5-7-14(3,4)13(15)16/h11-12H,5-10H2,1-4H3,(H3,15,16). The number of morpholine rings is 1. The zero-order valence-corrected chi connectivity index (χ0v) is 12.3. The van der Waals surface area contributed by atoms with Crippen LogP contribution in [0.3, 0.4) is 0 Å². The van der Waals surface area contributed by atoms with Crippen molar-refractivity contribution >= 4 is 5.84 Å². The lowest BCUT2D eigenvalue weighted by molar-refractivity contribution is -0.0497. The maximum Gasteiger partial charge on any atom is 0.0963 e. The Balaban J connectivity index is 2.23. The molecule has 2 atom stereocenters. The molecule has 1 heterocycles. The van der Waals surface area contributed by atoms with E-state index in [1.807, 2.05) is 0 Å². The summed E-state index contributed by atoms with van der Waals surface area (Å²) in [5.74, 6) is 0.302. The predicted molar refractivity (Wildman–Crippen MR) is 76.0 cm³/mol. The average molecular weight is 255 g/mol. The van der Waals surface area contributed by atoms with Gasteiger partial charge in [0, 0.05) is 18.0 Å². The summed E-state index contributed by atoms with van der Waals surface area (Å²) >= 11 is 0. The van der Waals surface area contributed by atoms with Gasteiger partial charge in [0.25, 0.3) is 0 Å². The van der Waals surface area contributed by atoms with Crippen LogP contribution in [0.5, 0.6) is 0 Å². The van der Waals surface area contributed by atoms with Crippen LogP contribution in [-0.2, 0) is 4.74 Å². The normalized spacial score (nSPS) is 26.2. The van der Waals surface area contributed by atoms with Crippen molar-refractivity contribution < 1.29 is 4.74 Å². The SMILES string of the molecule is CC1CN(CCCCC(C)(C)C(=N)N)C(C)CO1. The number of ether oxygens (including phenoxy) is 1. The van der Waals surface area contributed by atoms with Gasteiger partial charge in [-0.3, -0.25) is 10.3 Å². The van der Waals surface area contributed by atoms with Crippen LogP contribution >= 0.6 is 0 Å². The fourth-order valence-corrected chi connectivity index (χ4v) is 2.30. The molecule has 1 rings (SSSR count). The van der Waals surface area contributed by atoms with Crippen LogP contribution in [0.15, 0.2) is 0 Å². The number of hydrogen-bond donors (Lipinski definition) is 2. The smallest absolute Gasteiger partial charge is 0.0963 e. The van der Waals surface area contributed by atoms with Crippen molar-refractivity contribution in [2.45, 2.75) is 59.1 Å². The van der Waals surface area contributed by atoms with Crippen LogP contribution in [0.2, 0.25) is 0 Å². The zero-order valence-electron chi connectivity index (χ0n) is 12.3. The van der Waals surface area contributed by atoms with E-state index in [-0.39, 0.29) is 5.41 Å². The molecule has 1 aliphatic rings. The Labute approximate surface area is 111 Å². The largest absolute Gasteiger partial charge is 0.387 e. The molecule has 0 amide bonds. The molecule has 0 aromatic carbocycles. The number of nitrogens with two attached hydrogens (primary N) is 1. The summed E-state index contributed by atoms with van der Waals surface area (Å²) in [5, 5.41) is 7.54. The van der Waals surface area contributed by atoms with Crippen molar-refractivity contribution in [2.24, 2.45) is 11.1 Å². The van der Waals surface area contributed by atoms with E-state index in [2.05, 4.69) is 32.6 Å². The van der Waals surface area contributed by atoms with Crippen LogP contribution in [0.25, 0.3) is 0 Å². The molecule has 1 aliphatic heterocycles. The Hall–Kier alpha value is -0.610. The topological polar surface area (TPSA) is 62.3 Å². The summed E-state index contributed by atoms with van der Waals surface area (Å²) in [6.07, 6.45) is 3.66. The maximum atomic E-state index is 7.54. The minimum Gasteiger partial charge on any atom is -0.387 e. The second-order valence-electron chi connectivity index (χ2n) is 6.24. The van der Waals surface area contributed by atoms with Crippen LogP contribution in [0.4, 0.5) is 0 Å². The molecule has 2 unspecified atom stereocenters. The van der Waals surface area contributed by atoms with Crippen molar-refractivity contribution in [1.82, 2.24) is 4.90 Å². The van der Waals surface area contributed by atoms with E-state index in [4.69, 9.17) is 15.9 Å². The van der Waals surface area contributed by atoms with Gasteiger partial charge in [-0.25, -0.2) is 0 Å². The first kappa shape index (κ1) is 15.4. The summed E-state index contributed by atoms with van der Waals surface area (Å²) in [6.45, 7) is 11.5. The number of nitrogens with one attached hydrogen (secondary N) is 1. The maximum absolute atomic E-state index is 7.54. The molecule has 0 spiro atoms. The Morgan fingerprint density at radius 1 is 1.39 bits per heavy atom. The highest BCUT2D eigenvalue weighted by atomic mass is 16.5. The van der Waals surface area contributed by atoms with Crippen LogP contribution in [0.1, 0.15) is 47.0 Å². The average Bonchev–Trinajstić information content (AvgIpc) is 2.28. The molecule has 18 heavy (non-hydrogen) atoms. The second kappa shape index (κ2) is 6.53. The molecular formula is C14H29N3O. The van der Waals surface area contributed by atoms with Gasteiger partial charge in [0.1, 0.15) is 0 Å². The minimum atomic E-state index is -0.149. The first-order chi connectivity index (χ1) is 8.33. The van der Waals surface area contributed by atoms with Gasteiger partial charge in [-0.15, -0.1) is 0 Å². The molecule has 0 aromatic heterocycles. The van der Waals surface area contributed by atoms with Gasteiger partial charge >= 0.3 is 0 Å².